The van der Waals surface area contributed by atoms with Crippen LogP contribution in [0.4, 0.5) is 0 Å². The second-order valence-corrected chi connectivity index (χ2v) is 5.97. The van der Waals surface area contributed by atoms with E-state index in [2.05, 4.69) is 46.4 Å². The van der Waals surface area contributed by atoms with Crippen molar-refractivity contribution in [1.29, 1.82) is 0 Å². The van der Waals surface area contributed by atoms with Crippen molar-refractivity contribution >= 4 is 11.8 Å². The lowest BCUT2D eigenvalue weighted by Gasteiger charge is -2.20. The molecule has 0 rings (SSSR count). The van der Waals surface area contributed by atoms with Gasteiger partial charge in [-0.25, -0.2) is 0 Å². The lowest BCUT2D eigenvalue weighted by molar-refractivity contribution is 0.341. The summed E-state index contributed by atoms with van der Waals surface area (Å²) in [6.45, 7) is 11.6. The van der Waals surface area contributed by atoms with Gasteiger partial charge in [0.05, 0.1) is 0 Å². The van der Waals surface area contributed by atoms with E-state index in [1.165, 1.54) is 25.0 Å². The molecule has 2 unspecified atom stereocenters. The Labute approximate surface area is 88.9 Å². The van der Waals surface area contributed by atoms with Crippen LogP contribution in [0.3, 0.4) is 0 Å². The number of hydrogen-bond donors (Lipinski definition) is 0. The van der Waals surface area contributed by atoms with E-state index in [4.69, 9.17) is 0 Å². The van der Waals surface area contributed by atoms with E-state index in [0.717, 1.165) is 17.1 Å². The first kappa shape index (κ1) is 13.4. The van der Waals surface area contributed by atoms with E-state index in [9.17, 15) is 0 Å². The highest BCUT2D eigenvalue weighted by molar-refractivity contribution is 7.99. The van der Waals surface area contributed by atoms with E-state index in [1.807, 2.05) is 0 Å². The molecule has 0 aliphatic carbocycles. The molecule has 0 N–H and O–H groups in total. The molecule has 0 heterocycles. The normalized spacial score (nSPS) is 16.2. The molecule has 0 aromatic rings. The average molecular weight is 202 g/mol. The van der Waals surface area contributed by atoms with Crippen LogP contribution in [0, 0.1) is 11.8 Å². The topological polar surface area (TPSA) is 0 Å². The summed E-state index contributed by atoms with van der Waals surface area (Å²) in [5.74, 6) is 3.07. The number of hydrogen-bond acceptors (Lipinski definition) is 1. The number of rotatable bonds is 7. The Morgan fingerprint density at radius 1 is 1.00 bits per heavy atom. The van der Waals surface area contributed by atoms with Crippen LogP contribution in [0.1, 0.15) is 53.9 Å². The molecule has 13 heavy (non-hydrogen) atoms. The van der Waals surface area contributed by atoms with Crippen LogP contribution in [0.25, 0.3) is 0 Å². The molecule has 0 amide bonds. The lowest BCUT2D eigenvalue weighted by atomic mass is 9.88. The zero-order chi connectivity index (χ0) is 10.3. The molecular weight excluding hydrogens is 176 g/mol. The van der Waals surface area contributed by atoms with Crippen molar-refractivity contribution in [2.75, 3.05) is 5.75 Å². The van der Waals surface area contributed by atoms with Crippen molar-refractivity contribution in [1.82, 2.24) is 0 Å². The molecule has 0 saturated carbocycles. The first-order valence-electron chi connectivity index (χ1n) is 5.73. The van der Waals surface area contributed by atoms with Gasteiger partial charge in [0, 0.05) is 5.25 Å². The summed E-state index contributed by atoms with van der Waals surface area (Å²) in [4.78, 5) is 0. The molecule has 0 radical (unpaired) electrons. The molecule has 0 aliphatic heterocycles. The van der Waals surface area contributed by atoms with E-state index in [1.54, 1.807) is 0 Å². The van der Waals surface area contributed by atoms with Crippen molar-refractivity contribution in [2.45, 2.75) is 59.1 Å². The van der Waals surface area contributed by atoms with Crippen LogP contribution < -0.4 is 0 Å². The van der Waals surface area contributed by atoms with Gasteiger partial charge in [0.2, 0.25) is 0 Å². The fourth-order valence-corrected chi connectivity index (χ4v) is 2.70. The summed E-state index contributed by atoms with van der Waals surface area (Å²) < 4.78 is 0. The van der Waals surface area contributed by atoms with Crippen LogP contribution in [0.2, 0.25) is 0 Å². The highest BCUT2D eigenvalue weighted by Crippen LogP contribution is 2.24. The third-order valence-corrected chi connectivity index (χ3v) is 4.00. The van der Waals surface area contributed by atoms with Gasteiger partial charge in [-0.1, -0.05) is 41.0 Å². The summed E-state index contributed by atoms with van der Waals surface area (Å²) in [5, 5.41) is 0.859. The highest BCUT2D eigenvalue weighted by Gasteiger charge is 2.12. The van der Waals surface area contributed by atoms with Crippen LogP contribution >= 0.6 is 11.8 Å². The van der Waals surface area contributed by atoms with Crippen molar-refractivity contribution < 1.29 is 0 Å². The Kier molecular flexibility index (Phi) is 7.93. The van der Waals surface area contributed by atoms with Gasteiger partial charge in [0.1, 0.15) is 0 Å². The van der Waals surface area contributed by atoms with Gasteiger partial charge in [-0.3, -0.25) is 0 Å². The Hall–Kier alpha value is 0.350. The Balaban J connectivity index is 3.59. The molecule has 0 aromatic heterocycles. The van der Waals surface area contributed by atoms with Crippen LogP contribution in [-0.2, 0) is 0 Å². The Morgan fingerprint density at radius 3 is 2.00 bits per heavy atom. The molecular formula is C12H26S. The smallest absolute Gasteiger partial charge is 0.00187 e. The van der Waals surface area contributed by atoms with Gasteiger partial charge in [-0.2, -0.15) is 11.8 Å². The lowest BCUT2D eigenvalue weighted by Crippen LogP contribution is -2.10. The quantitative estimate of drug-likeness (QED) is 0.582. The summed E-state index contributed by atoms with van der Waals surface area (Å²) in [6, 6.07) is 0. The molecule has 0 spiro atoms. The first-order chi connectivity index (χ1) is 6.11. The number of thioether (sulfide) groups is 1. The second kappa shape index (κ2) is 7.73. The van der Waals surface area contributed by atoms with Gasteiger partial charge in [-0.05, 0) is 30.4 Å². The summed E-state index contributed by atoms with van der Waals surface area (Å²) >= 11 is 2.10. The maximum absolute atomic E-state index is 2.36. The fraction of sp³-hybridized carbons (Fsp3) is 1.00. The van der Waals surface area contributed by atoms with Crippen molar-refractivity contribution in [3.05, 3.63) is 0 Å². The van der Waals surface area contributed by atoms with E-state index in [0.29, 0.717) is 0 Å². The summed E-state index contributed by atoms with van der Waals surface area (Å²) in [7, 11) is 0. The van der Waals surface area contributed by atoms with Gasteiger partial charge in [-0.15, -0.1) is 0 Å². The minimum atomic E-state index is 0.859. The average Bonchev–Trinajstić information content (AvgIpc) is 2.05. The third-order valence-electron chi connectivity index (χ3n) is 2.86. The monoisotopic (exact) mass is 202 g/mol. The molecule has 0 saturated heterocycles. The van der Waals surface area contributed by atoms with Crippen LogP contribution in [-0.4, -0.2) is 11.0 Å². The van der Waals surface area contributed by atoms with Gasteiger partial charge >= 0.3 is 0 Å². The molecule has 0 bridgehead atoms. The minimum Gasteiger partial charge on any atom is -0.159 e. The predicted octanol–water partition coefficient (Wildman–Crippen LogP) is 4.59. The second-order valence-electron chi connectivity index (χ2n) is 4.26. The molecule has 1 heteroatoms. The van der Waals surface area contributed by atoms with E-state index < -0.39 is 0 Å². The largest absolute Gasteiger partial charge is 0.159 e. The summed E-state index contributed by atoms with van der Waals surface area (Å²) in [5.41, 5.74) is 0. The zero-order valence-electron chi connectivity index (χ0n) is 9.97. The molecule has 0 aliphatic rings. The maximum Gasteiger partial charge on any atom is 0.00187 e. The molecule has 0 nitrogen and oxygen atoms in total. The van der Waals surface area contributed by atoms with Crippen molar-refractivity contribution in [2.24, 2.45) is 11.8 Å². The van der Waals surface area contributed by atoms with Gasteiger partial charge < -0.3 is 0 Å². The third kappa shape index (κ3) is 6.42. The van der Waals surface area contributed by atoms with Crippen molar-refractivity contribution in [3.63, 3.8) is 0 Å². The standard InChI is InChI=1S/C12H26S/c1-6-12(10(3)4)9-8-11(5)13-7-2/h10-12H,6-9H2,1-5H3. The first-order valence-corrected chi connectivity index (χ1v) is 6.78. The van der Waals surface area contributed by atoms with E-state index >= 15 is 0 Å². The van der Waals surface area contributed by atoms with Crippen LogP contribution in [0.5, 0.6) is 0 Å². The Morgan fingerprint density at radius 2 is 1.62 bits per heavy atom. The predicted molar refractivity (Wildman–Crippen MR) is 65.4 cm³/mol. The van der Waals surface area contributed by atoms with E-state index in [-0.39, 0.29) is 0 Å². The van der Waals surface area contributed by atoms with Gasteiger partial charge in [0.25, 0.3) is 0 Å². The molecule has 2 atom stereocenters. The van der Waals surface area contributed by atoms with Crippen molar-refractivity contribution in [3.8, 4) is 0 Å². The zero-order valence-corrected chi connectivity index (χ0v) is 10.8. The minimum absolute atomic E-state index is 0.859. The fourth-order valence-electron chi connectivity index (χ4n) is 1.83. The molecule has 80 valence electrons. The summed E-state index contributed by atoms with van der Waals surface area (Å²) in [6.07, 6.45) is 4.17. The maximum atomic E-state index is 2.36. The highest BCUT2D eigenvalue weighted by atomic mass is 32.2. The van der Waals surface area contributed by atoms with Gasteiger partial charge in [0.15, 0.2) is 0 Å². The molecule has 0 aromatic carbocycles. The Bertz CT molecular complexity index is 110. The van der Waals surface area contributed by atoms with Crippen LogP contribution in [0.15, 0.2) is 0 Å². The SMILES string of the molecule is CCSC(C)CCC(CC)C(C)C. The molecule has 0 fully saturated rings.